The number of likely N-dealkylation sites (tertiary alicyclic amines) is 1. The van der Waals surface area contributed by atoms with E-state index in [-0.39, 0.29) is 11.7 Å². The third-order valence-electron chi connectivity index (χ3n) is 8.81. The number of amides is 3. The Kier molecular flexibility index (Phi) is 8.78. The SMILES string of the molecule is Cc1ccccc1C(=O)C1C(c2sccc2C)C(C(=O)N2CCNCC2)N(C(=O)Nc2ccc(F)cc2)C1c1ccc(F)cc1. The second kappa shape index (κ2) is 12.9. The number of hydrogen-bond donors (Lipinski definition) is 2. The van der Waals surface area contributed by atoms with Crippen LogP contribution in [0.25, 0.3) is 0 Å². The summed E-state index contributed by atoms with van der Waals surface area (Å²) in [7, 11) is 0. The van der Waals surface area contributed by atoms with Crippen molar-refractivity contribution in [2.24, 2.45) is 5.92 Å². The maximum atomic E-state index is 14.8. The summed E-state index contributed by atoms with van der Waals surface area (Å²) in [5.74, 6) is -2.92. The molecule has 6 rings (SSSR count). The number of Topliss-reactive ketones (excluding diaryl/α,β-unsaturated/α-hetero) is 1. The van der Waals surface area contributed by atoms with Gasteiger partial charge in [-0.05, 0) is 78.4 Å². The van der Waals surface area contributed by atoms with Crippen molar-refractivity contribution in [1.29, 1.82) is 0 Å². The summed E-state index contributed by atoms with van der Waals surface area (Å²) < 4.78 is 28.0. The quantitative estimate of drug-likeness (QED) is 0.245. The molecule has 4 aromatic rings. The average Bonchev–Trinajstić information content (AvgIpc) is 3.63. The Balaban J connectivity index is 1.58. The lowest BCUT2D eigenvalue weighted by atomic mass is 9.77. The molecule has 4 unspecified atom stereocenters. The minimum Gasteiger partial charge on any atom is -0.338 e. The molecule has 2 aliphatic rings. The highest BCUT2D eigenvalue weighted by Gasteiger charge is 2.59. The van der Waals surface area contributed by atoms with E-state index in [1.165, 1.54) is 52.6 Å². The number of nitrogens with zero attached hydrogens (tertiary/aromatic N) is 2. The molecule has 0 radical (unpaired) electrons. The van der Waals surface area contributed by atoms with Gasteiger partial charge in [-0.25, -0.2) is 13.6 Å². The van der Waals surface area contributed by atoms with Crippen LogP contribution in [-0.2, 0) is 4.79 Å². The lowest BCUT2D eigenvalue weighted by molar-refractivity contribution is -0.136. The van der Waals surface area contributed by atoms with Crippen LogP contribution in [0.5, 0.6) is 0 Å². The molecule has 2 N–H and O–H groups in total. The van der Waals surface area contributed by atoms with Crippen molar-refractivity contribution in [3.63, 3.8) is 0 Å². The zero-order valence-electron chi connectivity index (χ0n) is 25.0. The molecule has 0 saturated carbocycles. The van der Waals surface area contributed by atoms with E-state index in [4.69, 9.17) is 0 Å². The Hall–Kier alpha value is -4.41. The molecule has 0 bridgehead atoms. The highest BCUT2D eigenvalue weighted by Crippen LogP contribution is 2.53. The number of anilines is 1. The Morgan fingerprint density at radius 3 is 2.11 bits per heavy atom. The van der Waals surface area contributed by atoms with Crippen molar-refractivity contribution in [2.75, 3.05) is 31.5 Å². The summed E-state index contributed by atoms with van der Waals surface area (Å²) in [4.78, 5) is 48.1. The number of ketones is 1. The van der Waals surface area contributed by atoms with E-state index in [1.807, 2.05) is 37.4 Å². The normalized spacial score (nSPS) is 21.5. The van der Waals surface area contributed by atoms with Crippen LogP contribution in [0.1, 0.15) is 43.9 Å². The zero-order chi connectivity index (χ0) is 31.7. The van der Waals surface area contributed by atoms with E-state index in [1.54, 1.807) is 29.2 Å². The third-order valence-corrected chi connectivity index (χ3v) is 9.93. The van der Waals surface area contributed by atoms with E-state index in [0.29, 0.717) is 43.0 Å². The molecule has 2 saturated heterocycles. The molecule has 3 aromatic carbocycles. The Bertz CT molecular complexity index is 1700. The van der Waals surface area contributed by atoms with Crippen LogP contribution in [0.2, 0.25) is 0 Å². The molecule has 45 heavy (non-hydrogen) atoms. The average molecular weight is 629 g/mol. The third kappa shape index (κ3) is 6.00. The molecule has 3 amide bonds. The number of rotatable bonds is 6. The van der Waals surface area contributed by atoms with E-state index in [9.17, 15) is 23.2 Å². The Morgan fingerprint density at radius 1 is 0.844 bits per heavy atom. The van der Waals surface area contributed by atoms with Crippen LogP contribution < -0.4 is 10.6 Å². The van der Waals surface area contributed by atoms with Gasteiger partial charge in [0.05, 0.1) is 12.0 Å². The van der Waals surface area contributed by atoms with Crippen LogP contribution in [0, 0.1) is 31.4 Å². The van der Waals surface area contributed by atoms with Gasteiger partial charge in [-0.3, -0.25) is 9.59 Å². The smallest absolute Gasteiger partial charge is 0.323 e. The Morgan fingerprint density at radius 2 is 1.49 bits per heavy atom. The van der Waals surface area contributed by atoms with E-state index in [2.05, 4.69) is 10.6 Å². The molecule has 0 spiro atoms. The molecule has 10 heteroatoms. The summed E-state index contributed by atoms with van der Waals surface area (Å²) in [5, 5.41) is 8.06. The number of carbonyl (C=O) groups is 3. The predicted octanol–water partition coefficient (Wildman–Crippen LogP) is 6.32. The van der Waals surface area contributed by atoms with Crippen LogP contribution in [0.3, 0.4) is 0 Å². The van der Waals surface area contributed by atoms with Gasteiger partial charge < -0.3 is 20.4 Å². The van der Waals surface area contributed by atoms with Crippen LogP contribution in [0.4, 0.5) is 19.3 Å². The highest BCUT2D eigenvalue weighted by molar-refractivity contribution is 7.10. The van der Waals surface area contributed by atoms with Crippen LogP contribution in [-0.4, -0.2) is 59.7 Å². The van der Waals surface area contributed by atoms with Gasteiger partial charge in [0.15, 0.2) is 5.78 Å². The number of benzene rings is 3. The summed E-state index contributed by atoms with van der Waals surface area (Å²) in [6, 6.07) is 17.8. The van der Waals surface area contributed by atoms with Gasteiger partial charge in [-0.2, -0.15) is 0 Å². The minimum atomic E-state index is -1.05. The summed E-state index contributed by atoms with van der Waals surface area (Å²) in [6.07, 6.45) is 0. The highest BCUT2D eigenvalue weighted by atomic mass is 32.1. The van der Waals surface area contributed by atoms with Crippen molar-refractivity contribution < 1.29 is 23.2 Å². The molecule has 232 valence electrons. The van der Waals surface area contributed by atoms with Crippen molar-refractivity contribution in [3.05, 3.63) is 123 Å². The first-order valence-corrected chi connectivity index (χ1v) is 15.9. The monoisotopic (exact) mass is 628 g/mol. The molecular weight excluding hydrogens is 594 g/mol. The van der Waals surface area contributed by atoms with Crippen LogP contribution in [0.15, 0.2) is 84.2 Å². The van der Waals surface area contributed by atoms with Gasteiger partial charge >= 0.3 is 6.03 Å². The van der Waals surface area contributed by atoms with Gasteiger partial charge in [0.2, 0.25) is 5.91 Å². The van der Waals surface area contributed by atoms with Gasteiger partial charge in [-0.1, -0.05) is 36.4 Å². The van der Waals surface area contributed by atoms with Gasteiger partial charge in [-0.15, -0.1) is 11.3 Å². The molecule has 2 fully saturated rings. The van der Waals surface area contributed by atoms with Crippen molar-refractivity contribution in [1.82, 2.24) is 15.1 Å². The Labute approximate surface area is 264 Å². The zero-order valence-corrected chi connectivity index (χ0v) is 25.8. The number of urea groups is 1. The molecule has 0 aliphatic carbocycles. The van der Waals surface area contributed by atoms with Crippen molar-refractivity contribution in [2.45, 2.75) is 31.8 Å². The van der Waals surface area contributed by atoms with Crippen molar-refractivity contribution >= 4 is 34.7 Å². The molecule has 3 heterocycles. The first-order valence-electron chi connectivity index (χ1n) is 15.0. The second-order valence-electron chi connectivity index (χ2n) is 11.6. The van der Waals surface area contributed by atoms with Gasteiger partial charge in [0.25, 0.3) is 0 Å². The fourth-order valence-corrected chi connectivity index (χ4v) is 7.73. The number of piperazine rings is 1. The number of hydrogen-bond acceptors (Lipinski definition) is 5. The first-order chi connectivity index (χ1) is 21.7. The topological polar surface area (TPSA) is 81.8 Å². The summed E-state index contributed by atoms with van der Waals surface area (Å²) >= 11 is 1.46. The van der Waals surface area contributed by atoms with Gasteiger partial charge in [0.1, 0.15) is 17.7 Å². The van der Waals surface area contributed by atoms with Crippen molar-refractivity contribution in [3.8, 4) is 0 Å². The molecular formula is C35H34F2N4O3S. The lowest BCUT2D eigenvalue weighted by Crippen LogP contribution is -2.55. The van der Waals surface area contributed by atoms with E-state index >= 15 is 0 Å². The van der Waals surface area contributed by atoms with Crippen LogP contribution >= 0.6 is 11.3 Å². The van der Waals surface area contributed by atoms with Gasteiger partial charge in [0, 0.05) is 48.2 Å². The maximum Gasteiger partial charge on any atom is 0.323 e. The molecule has 2 aliphatic heterocycles. The number of nitrogens with one attached hydrogen (secondary N) is 2. The number of halogens is 2. The lowest BCUT2D eigenvalue weighted by Gasteiger charge is -2.36. The van der Waals surface area contributed by atoms with E-state index in [0.717, 1.165) is 16.0 Å². The number of aryl methyl sites for hydroxylation is 2. The molecule has 7 nitrogen and oxygen atoms in total. The largest absolute Gasteiger partial charge is 0.338 e. The fraction of sp³-hybridized carbons (Fsp3) is 0.286. The number of thiophene rings is 1. The summed E-state index contributed by atoms with van der Waals surface area (Å²) in [6.45, 7) is 5.93. The fourth-order valence-electron chi connectivity index (χ4n) is 6.63. The standard InChI is InChI=1S/C35H34F2N4O3S/c1-21-5-3-4-6-27(21)32(42)28-29(33-22(2)15-20-45-33)31(34(43)40-18-16-38-17-19-40)41(30(28)23-7-9-24(36)10-8-23)35(44)39-26-13-11-25(37)12-14-26/h3-15,20,28-31,38H,16-19H2,1-2H3,(H,39,44). The van der Waals surface area contributed by atoms with E-state index < -0.39 is 41.6 Å². The minimum absolute atomic E-state index is 0.199. The second-order valence-corrected chi connectivity index (χ2v) is 12.5. The molecule has 1 aromatic heterocycles. The predicted molar refractivity (Wildman–Crippen MR) is 170 cm³/mol. The molecule has 4 atom stereocenters. The first kappa shape index (κ1) is 30.6. The summed E-state index contributed by atoms with van der Waals surface area (Å²) in [5.41, 5.74) is 3.08. The number of carbonyl (C=O) groups excluding carboxylic acids is 3. The maximum absolute atomic E-state index is 14.8.